The molecule has 1 aliphatic carbocycles. The summed E-state index contributed by atoms with van der Waals surface area (Å²) in [7, 11) is 0. The van der Waals surface area contributed by atoms with E-state index in [4.69, 9.17) is 16.6 Å². The molecule has 1 atom stereocenters. The van der Waals surface area contributed by atoms with Gasteiger partial charge < -0.3 is 10.0 Å². The van der Waals surface area contributed by atoms with E-state index < -0.39 is 35.3 Å². The fraction of sp³-hybridized carbons (Fsp3) is 0.516. The highest BCUT2D eigenvalue weighted by molar-refractivity contribution is 6.47. The molecule has 5 nitrogen and oxygen atoms in total. The third-order valence-electron chi connectivity index (χ3n) is 8.38. The number of carbonyl (C=O) groups is 2. The summed E-state index contributed by atoms with van der Waals surface area (Å²) >= 11 is 6.10. The maximum atomic E-state index is 14.3. The number of amides is 1. The van der Waals surface area contributed by atoms with Crippen molar-refractivity contribution in [2.75, 3.05) is 0 Å². The van der Waals surface area contributed by atoms with Crippen LogP contribution in [0, 0.1) is 11.3 Å². The Bertz CT molecular complexity index is 1290. The second-order valence-corrected chi connectivity index (χ2v) is 12.5. The Hall–Kier alpha value is -2.87. The van der Waals surface area contributed by atoms with Crippen molar-refractivity contribution in [3.8, 4) is 0 Å². The summed E-state index contributed by atoms with van der Waals surface area (Å²) in [5.41, 5.74) is -0.792. The van der Waals surface area contributed by atoms with Gasteiger partial charge in [-0.25, -0.2) is 4.79 Å². The summed E-state index contributed by atoms with van der Waals surface area (Å²) in [5, 5.41) is 9.27. The number of halogens is 4. The summed E-state index contributed by atoms with van der Waals surface area (Å²) < 4.78 is 41.0. The van der Waals surface area contributed by atoms with Crippen LogP contribution in [0.15, 0.2) is 47.5 Å². The van der Waals surface area contributed by atoms with Gasteiger partial charge >= 0.3 is 12.1 Å². The lowest BCUT2D eigenvalue weighted by Crippen LogP contribution is -2.51. The van der Waals surface area contributed by atoms with Crippen molar-refractivity contribution < 1.29 is 27.9 Å². The van der Waals surface area contributed by atoms with E-state index >= 15 is 0 Å². The van der Waals surface area contributed by atoms with Gasteiger partial charge in [0.05, 0.1) is 17.2 Å². The minimum absolute atomic E-state index is 0.00846. The van der Waals surface area contributed by atoms with Crippen LogP contribution in [0.2, 0.25) is 5.02 Å². The number of alkyl halides is 3. The van der Waals surface area contributed by atoms with Gasteiger partial charge in [-0.05, 0) is 79.3 Å². The summed E-state index contributed by atoms with van der Waals surface area (Å²) in [5.74, 6) is -1.05. The normalized spacial score (nSPS) is 22.5. The van der Waals surface area contributed by atoms with Crippen molar-refractivity contribution >= 4 is 29.2 Å². The van der Waals surface area contributed by atoms with Gasteiger partial charge in [0.25, 0.3) is 5.91 Å². The third-order valence-corrected chi connectivity index (χ3v) is 8.60. The van der Waals surface area contributed by atoms with E-state index in [9.17, 15) is 27.9 Å². The molecule has 1 fully saturated rings. The number of hydrogen-bond acceptors (Lipinski definition) is 3. The number of hydrogen-bond donors (Lipinski definition) is 1. The molecule has 0 aromatic heterocycles. The molecule has 1 amide bonds. The van der Waals surface area contributed by atoms with Crippen molar-refractivity contribution in [2.45, 2.75) is 90.5 Å². The number of aliphatic imine (C=N–C) groups is 1. The minimum atomic E-state index is -4.63. The SMILES string of the molecule is CCCCC(c1ccc(C(=O)O)cc1)N1C(=O)C(c2cc(Cl)cc(C(F)(F)F)c2)=NC12CCC(C(C)(C)C)CC2. The average Bonchev–Trinajstić information content (AvgIpc) is 3.15. The van der Waals surface area contributed by atoms with Crippen LogP contribution < -0.4 is 0 Å². The first-order valence-electron chi connectivity index (χ1n) is 13.8. The van der Waals surface area contributed by atoms with Gasteiger partial charge in [-0.2, -0.15) is 13.2 Å². The van der Waals surface area contributed by atoms with Crippen LogP contribution in [0.25, 0.3) is 0 Å². The number of aromatic carboxylic acids is 1. The maximum Gasteiger partial charge on any atom is 0.416 e. The van der Waals surface area contributed by atoms with E-state index in [1.54, 1.807) is 17.0 Å². The zero-order valence-corrected chi connectivity index (χ0v) is 24.1. The predicted octanol–water partition coefficient (Wildman–Crippen LogP) is 8.55. The standard InChI is InChI=1S/C31H36ClF3N2O3/c1-5-6-7-25(19-8-10-20(11-9-19)28(39)40)37-27(38)26(21-16-23(31(33,34)35)18-24(32)17-21)36-30(37)14-12-22(13-15-30)29(2,3)4/h8-11,16-18,22,25H,5-7,12-15H2,1-4H3,(H,39,40). The second kappa shape index (κ2) is 11.2. The van der Waals surface area contributed by atoms with Gasteiger partial charge in [-0.3, -0.25) is 9.79 Å². The number of unbranched alkanes of at least 4 members (excludes halogenated alkanes) is 1. The molecule has 1 N–H and O–H groups in total. The maximum absolute atomic E-state index is 14.3. The molecule has 1 unspecified atom stereocenters. The zero-order chi connectivity index (χ0) is 29.5. The highest BCUT2D eigenvalue weighted by Crippen LogP contribution is 2.50. The van der Waals surface area contributed by atoms with Crippen LogP contribution in [0.5, 0.6) is 0 Å². The smallest absolute Gasteiger partial charge is 0.416 e. The summed E-state index contributed by atoms with van der Waals surface area (Å²) in [6, 6.07) is 9.25. The van der Waals surface area contributed by atoms with E-state index in [2.05, 4.69) is 20.8 Å². The highest BCUT2D eigenvalue weighted by Gasteiger charge is 2.52. The predicted molar refractivity (Wildman–Crippen MR) is 150 cm³/mol. The molecule has 0 radical (unpaired) electrons. The molecule has 40 heavy (non-hydrogen) atoms. The van der Waals surface area contributed by atoms with Crippen LogP contribution in [-0.2, 0) is 11.0 Å². The van der Waals surface area contributed by atoms with E-state index in [0.717, 1.165) is 43.4 Å². The van der Waals surface area contributed by atoms with Crippen molar-refractivity contribution in [1.29, 1.82) is 0 Å². The van der Waals surface area contributed by atoms with Gasteiger partial charge in [0.2, 0.25) is 0 Å². The van der Waals surface area contributed by atoms with Gasteiger partial charge in [0, 0.05) is 10.6 Å². The molecule has 1 spiro atoms. The fourth-order valence-electron chi connectivity index (χ4n) is 6.11. The highest BCUT2D eigenvalue weighted by atomic mass is 35.5. The topological polar surface area (TPSA) is 70.0 Å². The van der Waals surface area contributed by atoms with E-state index in [1.807, 2.05) is 6.92 Å². The lowest BCUT2D eigenvalue weighted by molar-refractivity contribution is -0.137. The zero-order valence-electron chi connectivity index (χ0n) is 23.3. The van der Waals surface area contributed by atoms with E-state index in [1.165, 1.54) is 18.2 Å². The lowest BCUT2D eigenvalue weighted by Gasteiger charge is -2.47. The average molecular weight is 577 g/mol. The Morgan fingerprint density at radius 2 is 1.75 bits per heavy atom. The molecule has 1 saturated carbocycles. The minimum Gasteiger partial charge on any atom is -0.478 e. The molecule has 4 rings (SSSR count). The third kappa shape index (κ3) is 6.07. The quantitative estimate of drug-likeness (QED) is 0.359. The molecule has 2 aromatic carbocycles. The van der Waals surface area contributed by atoms with Crippen molar-refractivity contribution in [3.63, 3.8) is 0 Å². The first-order valence-corrected chi connectivity index (χ1v) is 14.2. The van der Waals surface area contributed by atoms with Crippen LogP contribution in [0.4, 0.5) is 13.2 Å². The number of carbonyl (C=O) groups excluding carboxylic acids is 1. The number of benzene rings is 2. The molecule has 1 aliphatic heterocycles. The van der Waals surface area contributed by atoms with E-state index in [0.29, 0.717) is 25.2 Å². The molecule has 9 heteroatoms. The molecule has 2 aromatic rings. The molecule has 1 heterocycles. The van der Waals surface area contributed by atoms with Gasteiger partial charge in [-0.1, -0.05) is 64.3 Å². The van der Waals surface area contributed by atoms with Crippen LogP contribution in [0.3, 0.4) is 0 Å². The second-order valence-electron chi connectivity index (χ2n) is 12.1. The number of rotatable bonds is 7. The Morgan fingerprint density at radius 1 is 1.12 bits per heavy atom. The van der Waals surface area contributed by atoms with Crippen LogP contribution >= 0.6 is 11.6 Å². The number of nitrogens with zero attached hydrogens (tertiary/aromatic N) is 2. The molecular formula is C31H36ClF3N2O3. The molecule has 216 valence electrons. The molecule has 2 aliphatic rings. The van der Waals surface area contributed by atoms with Gasteiger partial charge in [0.15, 0.2) is 0 Å². The Labute approximate surface area is 238 Å². The Balaban J connectivity index is 1.83. The van der Waals surface area contributed by atoms with E-state index in [-0.39, 0.29) is 27.3 Å². The van der Waals surface area contributed by atoms with Gasteiger partial charge in [0.1, 0.15) is 11.4 Å². The first kappa shape index (κ1) is 30.1. The van der Waals surface area contributed by atoms with Crippen LogP contribution in [-0.4, -0.2) is 33.3 Å². The number of carboxylic acids is 1. The molecule has 0 bridgehead atoms. The Morgan fingerprint density at radius 3 is 2.27 bits per heavy atom. The summed E-state index contributed by atoms with van der Waals surface area (Å²) in [6.45, 7) is 8.63. The van der Waals surface area contributed by atoms with Crippen molar-refractivity contribution in [3.05, 3.63) is 69.7 Å². The number of carboxylic acid groups (broad SMARTS) is 1. The molecular weight excluding hydrogens is 541 g/mol. The largest absolute Gasteiger partial charge is 0.478 e. The molecule has 0 saturated heterocycles. The summed E-state index contributed by atoms with van der Waals surface area (Å²) in [4.78, 5) is 32.5. The first-order chi connectivity index (χ1) is 18.7. The van der Waals surface area contributed by atoms with Crippen molar-refractivity contribution in [2.24, 2.45) is 16.3 Å². The Kier molecular flexibility index (Phi) is 8.42. The van der Waals surface area contributed by atoms with Crippen LogP contribution in [0.1, 0.15) is 106 Å². The fourth-order valence-corrected chi connectivity index (χ4v) is 6.35. The summed E-state index contributed by atoms with van der Waals surface area (Å²) in [6.07, 6.45) is 0.504. The van der Waals surface area contributed by atoms with Gasteiger partial charge in [-0.15, -0.1) is 0 Å². The monoisotopic (exact) mass is 576 g/mol. The van der Waals surface area contributed by atoms with Crippen molar-refractivity contribution in [1.82, 2.24) is 4.90 Å². The lowest BCUT2D eigenvalue weighted by atomic mass is 9.69.